The molecule has 1 aliphatic rings. The lowest BCUT2D eigenvalue weighted by molar-refractivity contribution is 0.141. The molecular formula is C18H29BrN4O. The van der Waals surface area contributed by atoms with Gasteiger partial charge in [-0.3, -0.25) is 9.89 Å². The zero-order chi connectivity index (χ0) is 17.4. The molecule has 1 aromatic rings. The lowest BCUT2D eigenvalue weighted by Gasteiger charge is -2.27. The van der Waals surface area contributed by atoms with Crippen LogP contribution in [0.3, 0.4) is 0 Å². The van der Waals surface area contributed by atoms with Gasteiger partial charge < -0.3 is 15.0 Å². The molecule has 0 amide bonds. The quantitative estimate of drug-likeness (QED) is 0.567. The summed E-state index contributed by atoms with van der Waals surface area (Å²) < 4.78 is 6.32. The summed E-state index contributed by atoms with van der Waals surface area (Å²) in [5, 5.41) is 3.53. The summed E-state index contributed by atoms with van der Waals surface area (Å²) in [4.78, 5) is 9.11. The Balaban J connectivity index is 1.83. The van der Waals surface area contributed by atoms with Gasteiger partial charge in [0.15, 0.2) is 5.96 Å². The Morgan fingerprint density at radius 1 is 1.42 bits per heavy atom. The number of ether oxygens (including phenoxy) is 1. The van der Waals surface area contributed by atoms with Gasteiger partial charge in [0.05, 0.1) is 6.61 Å². The highest BCUT2D eigenvalue weighted by Crippen LogP contribution is 2.16. The second-order valence-electron chi connectivity index (χ2n) is 6.24. The summed E-state index contributed by atoms with van der Waals surface area (Å²) in [7, 11) is 5.69. The summed E-state index contributed by atoms with van der Waals surface area (Å²) in [6, 6.07) is 8.99. The van der Waals surface area contributed by atoms with Crippen LogP contribution in [0.2, 0.25) is 0 Å². The summed E-state index contributed by atoms with van der Waals surface area (Å²) in [6.45, 7) is 4.75. The van der Waals surface area contributed by atoms with Crippen molar-refractivity contribution in [2.45, 2.75) is 25.4 Å². The Morgan fingerprint density at radius 2 is 2.17 bits per heavy atom. The second-order valence-corrected chi connectivity index (χ2v) is 7.15. The van der Waals surface area contributed by atoms with Crippen molar-refractivity contribution in [1.29, 1.82) is 0 Å². The number of rotatable bonds is 7. The fourth-order valence-corrected chi connectivity index (χ4v) is 3.43. The Hall–Kier alpha value is -1.11. The van der Waals surface area contributed by atoms with Gasteiger partial charge in [-0.2, -0.15) is 0 Å². The molecule has 24 heavy (non-hydrogen) atoms. The third kappa shape index (κ3) is 5.76. The first-order chi connectivity index (χ1) is 11.6. The van der Waals surface area contributed by atoms with Crippen LogP contribution in [0, 0.1) is 0 Å². The third-order valence-corrected chi connectivity index (χ3v) is 5.01. The fraction of sp³-hybridized carbons (Fsp3) is 0.611. The minimum Gasteiger partial charge on any atom is -0.383 e. The Kier molecular flexibility index (Phi) is 8.02. The predicted octanol–water partition coefficient (Wildman–Crippen LogP) is 2.57. The molecule has 0 aromatic heterocycles. The zero-order valence-corrected chi connectivity index (χ0v) is 16.6. The molecule has 0 aliphatic carbocycles. The van der Waals surface area contributed by atoms with Crippen LogP contribution in [-0.2, 0) is 11.3 Å². The normalized spacial score (nSPS) is 18.8. The fourth-order valence-electron chi connectivity index (χ4n) is 3.16. The van der Waals surface area contributed by atoms with Gasteiger partial charge in [0.1, 0.15) is 0 Å². The molecule has 1 N–H and O–H groups in total. The van der Waals surface area contributed by atoms with E-state index in [1.807, 2.05) is 7.05 Å². The molecule has 1 fully saturated rings. The van der Waals surface area contributed by atoms with Crippen LogP contribution in [0.5, 0.6) is 0 Å². The van der Waals surface area contributed by atoms with Gasteiger partial charge in [0.25, 0.3) is 0 Å². The number of benzene rings is 1. The van der Waals surface area contributed by atoms with E-state index < -0.39 is 0 Å². The predicted molar refractivity (Wildman–Crippen MR) is 103 cm³/mol. The van der Waals surface area contributed by atoms with Crippen molar-refractivity contribution in [2.24, 2.45) is 4.99 Å². The zero-order valence-electron chi connectivity index (χ0n) is 15.0. The highest BCUT2D eigenvalue weighted by atomic mass is 79.9. The van der Waals surface area contributed by atoms with E-state index >= 15 is 0 Å². The van der Waals surface area contributed by atoms with Crippen molar-refractivity contribution in [3.8, 4) is 0 Å². The van der Waals surface area contributed by atoms with Gasteiger partial charge in [0.2, 0.25) is 0 Å². The molecule has 1 aliphatic heterocycles. The molecule has 2 rings (SSSR count). The van der Waals surface area contributed by atoms with E-state index in [0.717, 1.165) is 36.7 Å². The number of methoxy groups -OCH3 is 1. The third-order valence-electron chi connectivity index (χ3n) is 4.48. The van der Waals surface area contributed by atoms with Gasteiger partial charge >= 0.3 is 0 Å². The largest absolute Gasteiger partial charge is 0.383 e. The minimum atomic E-state index is 0.568. The highest BCUT2D eigenvalue weighted by molar-refractivity contribution is 9.10. The molecule has 0 bridgehead atoms. The molecule has 1 aromatic carbocycles. The molecule has 0 saturated carbocycles. The molecule has 0 spiro atoms. The average Bonchev–Trinajstić information content (AvgIpc) is 3.03. The molecule has 0 radical (unpaired) electrons. The van der Waals surface area contributed by atoms with Crippen LogP contribution in [0.1, 0.15) is 18.4 Å². The summed E-state index contributed by atoms with van der Waals surface area (Å²) in [5.74, 6) is 0.941. The lowest BCUT2D eigenvalue weighted by Crippen LogP contribution is -2.45. The highest BCUT2D eigenvalue weighted by Gasteiger charge is 2.24. The second kappa shape index (κ2) is 10.0. The van der Waals surface area contributed by atoms with E-state index in [0.29, 0.717) is 6.04 Å². The van der Waals surface area contributed by atoms with Crippen molar-refractivity contribution >= 4 is 21.9 Å². The average molecular weight is 397 g/mol. The number of aliphatic imine (C=N–C) groups is 1. The molecule has 134 valence electrons. The van der Waals surface area contributed by atoms with Gasteiger partial charge in [-0.25, -0.2) is 0 Å². The van der Waals surface area contributed by atoms with Crippen molar-refractivity contribution < 1.29 is 4.74 Å². The van der Waals surface area contributed by atoms with Crippen LogP contribution in [0.25, 0.3) is 0 Å². The van der Waals surface area contributed by atoms with E-state index in [1.165, 1.54) is 24.9 Å². The SMILES string of the molecule is CN=C(NCC1CCCN1CCOC)N(C)Cc1ccc(Br)cc1. The molecule has 1 heterocycles. The van der Waals surface area contributed by atoms with Crippen molar-refractivity contribution in [3.05, 3.63) is 34.3 Å². The number of guanidine groups is 1. The van der Waals surface area contributed by atoms with E-state index in [-0.39, 0.29) is 0 Å². The van der Waals surface area contributed by atoms with Gasteiger partial charge in [-0.1, -0.05) is 28.1 Å². The van der Waals surface area contributed by atoms with Crippen LogP contribution in [0.4, 0.5) is 0 Å². The van der Waals surface area contributed by atoms with Gasteiger partial charge in [0, 0.05) is 51.4 Å². The van der Waals surface area contributed by atoms with Crippen LogP contribution >= 0.6 is 15.9 Å². The smallest absolute Gasteiger partial charge is 0.193 e. The summed E-state index contributed by atoms with van der Waals surface area (Å²) in [6.07, 6.45) is 2.51. The first-order valence-corrected chi connectivity index (χ1v) is 9.32. The van der Waals surface area contributed by atoms with E-state index in [9.17, 15) is 0 Å². The number of nitrogens with zero attached hydrogens (tertiary/aromatic N) is 3. The monoisotopic (exact) mass is 396 g/mol. The molecule has 1 saturated heterocycles. The lowest BCUT2D eigenvalue weighted by atomic mass is 10.2. The topological polar surface area (TPSA) is 40.1 Å². The molecule has 5 nitrogen and oxygen atoms in total. The van der Waals surface area contributed by atoms with Crippen LogP contribution in [0.15, 0.2) is 33.7 Å². The van der Waals surface area contributed by atoms with E-state index in [1.54, 1.807) is 7.11 Å². The number of likely N-dealkylation sites (tertiary alicyclic amines) is 1. The van der Waals surface area contributed by atoms with Crippen molar-refractivity contribution in [3.63, 3.8) is 0 Å². The van der Waals surface area contributed by atoms with E-state index in [4.69, 9.17) is 4.74 Å². The van der Waals surface area contributed by atoms with Crippen LogP contribution in [-0.4, -0.2) is 69.2 Å². The Labute approximate surface area is 154 Å². The standard InChI is InChI=1S/C18H29BrN4O/c1-20-18(22(2)14-15-6-8-16(19)9-7-15)21-13-17-5-4-10-23(17)11-12-24-3/h6-9,17H,4-5,10-14H2,1-3H3,(H,20,21). The molecule has 6 heteroatoms. The Bertz CT molecular complexity index is 520. The maximum atomic E-state index is 5.21. The van der Waals surface area contributed by atoms with Gasteiger partial charge in [-0.15, -0.1) is 0 Å². The summed E-state index contributed by atoms with van der Waals surface area (Å²) >= 11 is 3.48. The maximum Gasteiger partial charge on any atom is 0.193 e. The van der Waals surface area contributed by atoms with Gasteiger partial charge in [-0.05, 0) is 37.1 Å². The first kappa shape index (κ1) is 19.2. The van der Waals surface area contributed by atoms with Crippen molar-refractivity contribution in [2.75, 3.05) is 47.4 Å². The van der Waals surface area contributed by atoms with Crippen LogP contribution < -0.4 is 5.32 Å². The molecular weight excluding hydrogens is 368 g/mol. The minimum absolute atomic E-state index is 0.568. The number of hydrogen-bond acceptors (Lipinski definition) is 3. The van der Waals surface area contributed by atoms with Crippen molar-refractivity contribution in [1.82, 2.24) is 15.1 Å². The number of halogens is 1. The molecule has 1 atom stereocenters. The maximum absolute atomic E-state index is 5.21. The first-order valence-electron chi connectivity index (χ1n) is 8.53. The molecule has 1 unspecified atom stereocenters. The summed E-state index contributed by atoms with van der Waals surface area (Å²) in [5.41, 5.74) is 1.27. The Morgan fingerprint density at radius 3 is 2.83 bits per heavy atom. The van der Waals surface area contributed by atoms with E-state index in [2.05, 4.69) is 67.4 Å². The number of hydrogen-bond donors (Lipinski definition) is 1. The number of nitrogens with one attached hydrogen (secondary N) is 1.